The third kappa shape index (κ3) is 34.0. The highest BCUT2D eigenvalue weighted by atomic mass is 16.7. The number of amides is 1. The van der Waals surface area contributed by atoms with Gasteiger partial charge in [0.1, 0.15) is 48.8 Å². The van der Waals surface area contributed by atoms with Gasteiger partial charge in [0.25, 0.3) is 0 Å². The number of carbonyl (C=O) groups is 1. The van der Waals surface area contributed by atoms with E-state index in [4.69, 9.17) is 18.9 Å². The molecule has 14 heteroatoms. The maximum atomic E-state index is 13.3. The molecule has 2 aliphatic rings. The fourth-order valence-electron chi connectivity index (χ4n) is 9.89. The second kappa shape index (κ2) is 49.1. The smallest absolute Gasteiger partial charge is 0.220 e. The van der Waals surface area contributed by atoms with Crippen LogP contribution < -0.4 is 5.32 Å². The molecule has 2 rings (SSSR count). The molecule has 78 heavy (non-hydrogen) atoms. The van der Waals surface area contributed by atoms with Crippen LogP contribution in [0.25, 0.3) is 0 Å². The quantitative estimate of drug-likeness (QED) is 0.0204. The van der Waals surface area contributed by atoms with Crippen LogP contribution in [0.5, 0.6) is 0 Å². The molecule has 452 valence electrons. The van der Waals surface area contributed by atoms with Gasteiger partial charge in [-0.2, -0.15) is 0 Å². The van der Waals surface area contributed by atoms with E-state index in [1.807, 2.05) is 6.08 Å². The summed E-state index contributed by atoms with van der Waals surface area (Å²) in [6, 6.07) is -0.932. The Morgan fingerprint density at radius 2 is 0.897 bits per heavy atom. The summed E-state index contributed by atoms with van der Waals surface area (Å²) in [6.07, 6.45) is 48.2. The van der Waals surface area contributed by atoms with Crippen LogP contribution in [0.4, 0.5) is 0 Å². The van der Waals surface area contributed by atoms with E-state index in [0.29, 0.717) is 12.8 Å². The molecule has 2 aliphatic heterocycles. The van der Waals surface area contributed by atoms with Crippen LogP contribution in [-0.4, -0.2) is 140 Å². The van der Waals surface area contributed by atoms with Crippen molar-refractivity contribution in [3.05, 3.63) is 72.9 Å². The number of nitrogens with one attached hydrogen (secondary N) is 1. The number of allylic oxidation sites excluding steroid dienone is 11. The zero-order chi connectivity index (χ0) is 56.7. The Morgan fingerprint density at radius 3 is 1.41 bits per heavy atom. The van der Waals surface area contributed by atoms with E-state index in [2.05, 4.69) is 79.9 Å². The van der Waals surface area contributed by atoms with Crippen LogP contribution in [-0.2, 0) is 23.7 Å². The van der Waals surface area contributed by atoms with E-state index in [-0.39, 0.29) is 18.9 Å². The first-order chi connectivity index (χ1) is 38.1. The van der Waals surface area contributed by atoms with Crippen LogP contribution in [0.3, 0.4) is 0 Å². The lowest BCUT2D eigenvalue weighted by Crippen LogP contribution is -2.65. The monoisotopic (exact) mass is 1100 g/mol. The zero-order valence-corrected chi connectivity index (χ0v) is 48.6. The van der Waals surface area contributed by atoms with Gasteiger partial charge in [-0.25, -0.2) is 0 Å². The van der Waals surface area contributed by atoms with Gasteiger partial charge in [0.05, 0.1) is 32.0 Å². The molecule has 2 heterocycles. The summed E-state index contributed by atoms with van der Waals surface area (Å²) in [6.45, 7) is 2.65. The van der Waals surface area contributed by atoms with Crippen molar-refractivity contribution in [1.29, 1.82) is 0 Å². The lowest BCUT2D eigenvalue weighted by atomic mass is 9.97. The second-order valence-electron chi connectivity index (χ2n) is 21.8. The van der Waals surface area contributed by atoms with Gasteiger partial charge in [-0.3, -0.25) is 4.79 Å². The number of aliphatic hydroxyl groups is 8. The maximum Gasteiger partial charge on any atom is 0.220 e. The molecule has 9 N–H and O–H groups in total. The summed E-state index contributed by atoms with van der Waals surface area (Å²) < 4.78 is 22.7. The van der Waals surface area contributed by atoms with Gasteiger partial charge >= 0.3 is 0 Å². The van der Waals surface area contributed by atoms with E-state index in [0.717, 1.165) is 57.8 Å². The third-order valence-electron chi connectivity index (χ3n) is 14.9. The number of unbranched alkanes of at least 4 members (excludes halogenated alkanes) is 26. The molecule has 2 saturated heterocycles. The van der Waals surface area contributed by atoms with Crippen molar-refractivity contribution in [3.63, 3.8) is 0 Å². The van der Waals surface area contributed by atoms with Crippen molar-refractivity contribution in [2.24, 2.45) is 0 Å². The second-order valence-corrected chi connectivity index (χ2v) is 21.8. The van der Waals surface area contributed by atoms with Crippen molar-refractivity contribution >= 4 is 5.91 Å². The molecule has 2 fully saturated rings. The van der Waals surface area contributed by atoms with Crippen LogP contribution in [0.15, 0.2) is 72.9 Å². The summed E-state index contributed by atoms with van der Waals surface area (Å²) in [7, 11) is 0. The highest BCUT2D eigenvalue weighted by Crippen LogP contribution is 2.30. The molecule has 0 aromatic heterocycles. The number of rotatable bonds is 49. The van der Waals surface area contributed by atoms with Gasteiger partial charge in [0.15, 0.2) is 12.6 Å². The first-order valence-electron chi connectivity index (χ1n) is 31.2. The lowest BCUT2D eigenvalue weighted by molar-refractivity contribution is -0.359. The fraction of sp³-hybridized carbons (Fsp3) is 0.797. The topological polar surface area (TPSA) is 228 Å². The van der Waals surface area contributed by atoms with Gasteiger partial charge < -0.3 is 65.1 Å². The van der Waals surface area contributed by atoms with Crippen molar-refractivity contribution in [2.75, 3.05) is 19.8 Å². The maximum absolute atomic E-state index is 13.3. The largest absolute Gasteiger partial charge is 0.394 e. The highest BCUT2D eigenvalue weighted by molar-refractivity contribution is 5.76. The predicted molar refractivity (Wildman–Crippen MR) is 313 cm³/mol. The standard InChI is InChI=1S/C64H113NO13/c1-3-5-7-9-11-13-15-17-18-19-20-21-22-23-24-25-26-27-28-29-30-31-32-33-34-36-38-40-42-44-46-48-56(69)65-52(53(68)47-45-43-41-39-37-35-16-14-12-10-8-6-4-2)51-75-63-61(74)59(72)62(55(50-67)77-63)78-64-60(73)58(71)57(70)54(49-66)76-64/h5,7,11,13,17-18,20-21,37,39,45,47,52-55,57-64,66-68,70-74H,3-4,6,8-10,12,14-16,19,22-36,38,40-44,46,48-51H2,1-2H3,(H,65,69)/b7-5-,13-11-,18-17-,21-20-,39-37+,47-45+. The molecule has 0 radical (unpaired) electrons. The van der Waals surface area contributed by atoms with Crippen molar-refractivity contribution in [3.8, 4) is 0 Å². The van der Waals surface area contributed by atoms with Gasteiger partial charge in [0.2, 0.25) is 5.91 Å². The molecule has 0 saturated carbocycles. The summed E-state index contributed by atoms with van der Waals surface area (Å²) in [5.74, 6) is -0.250. The Hall–Kier alpha value is -2.57. The third-order valence-corrected chi connectivity index (χ3v) is 14.9. The lowest BCUT2D eigenvalue weighted by Gasteiger charge is -2.46. The molecular formula is C64H113NO13. The zero-order valence-electron chi connectivity index (χ0n) is 48.6. The van der Waals surface area contributed by atoms with Crippen LogP contribution in [0, 0.1) is 0 Å². The van der Waals surface area contributed by atoms with E-state index < -0.39 is 86.8 Å². The first kappa shape index (κ1) is 71.5. The molecule has 0 aromatic rings. The van der Waals surface area contributed by atoms with Gasteiger partial charge in [-0.05, 0) is 70.6 Å². The molecule has 14 nitrogen and oxygen atoms in total. The van der Waals surface area contributed by atoms with E-state index in [9.17, 15) is 45.6 Å². The Labute approximate surface area is 472 Å². The molecule has 0 bridgehead atoms. The molecular weight excluding hydrogens is 991 g/mol. The fourth-order valence-corrected chi connectivity index (χ4v) is 9.89. The number of ether oxygens (including phenoxy) is 4. The minimum Gasteiger partial charge on any atom is -0.394 e. The summed E-state index contributed by atoms with van der Waals surface area (Å²) in [5, 5.41) is 87.0. The summed E-state index contributed by atoms with van der Waals surface area (Å²) >= 11 is 0. The normalized spacial score (nSPS) is 25.1. The van der Waals surface area contributed by atoms with Crippen molar-refractivity contribution < 1.29 is 64.6 Å². The van der Waals surface area contributed by atoms with Gasteiger partial charge in [-0.15, -0.1) is 0 Å². The average Bonchev–Trinajstić information content (AvgIpc) is 3.47. The SMILES string of the molecule is CC/C=C\C/C=C\C/C=C\C/C=C\CCCCCCCCCCCCCCCCCCCCC(=O)NC(COC1OC(CO)C(OC2OC(CO)C(O)C(O)C2O)C(O)C1O)C(O)/C=C/CC/C=C/CCCCCCCCC. The number of hydrogen-bond donors (Lipinski definition) is 9. The Kier molecular flexibility index (Phi) is 45.0. The van der Waals surface area contributed by atoms with Gasteiger partial charge in [-0.1, -0.05) is 228 Å². The summed E-state index contributed by atoms with van der Waals surface area (Å²) in [5.41, 5.74) is 0. The number of hydrogen-bond acceptors (Lipinski definition) is 13. The molecule has 0 aliphatic carbocycles. The molecule has 12 atom stereocenters. The van der Waals surface area contributed by atoms with Crippen molar-refractivity contribution in [1.82, 2.24) is 5.32 Å². The van der Waals surface area contributed by atoms with Crippen molar-refractivity contribution in [2.45, 2.75) is 306 Å². The first-order valence-corrected chi connectivity index (χ1v) is 31.2. The number of aliphatic hydroxyl groups excluding tert-OH is 8. The van der Waals surface area contributed by atoms with E-state index >= 15 is 0 Å². The Bertz CT molecular complexity index is 1580. The Balaban J connectivity index is 1.66. The van der Waals surface area contributed by atoms with E-state index in [1.54, 1.807) is 6.08 Å². The van der Waals surface area contributed by atoms with E-state index in [1.165, 1.54) is 141 Å². The minimum absolute atomic E-state index is 0.250. The predicted octanol–water partition coefficient (Wildman–Crippen LogP) is 11.1. The molecule has 0 spiro atoms. The van der Waals surface area contributed by atoms with Gasteiger partial charge in [0, 0.05) is 6.42 Å². The number of carbonyl (C=O) groups excluding carboxylic acids is 1. The van der Waals surface area contributed by atoms with Crippen LogP contribution in [0.1, 0.15) is 232 Å². The average molecular weight is 1100 g/mol. The van der Waals surface area contributed by atoms with Crippen LogP contribution in [0.2, 0.25) is 0 Å². The summed E-state index contributed by atoms with van der Waals surface area (Å²) in [4.78, 5) is 13.3. The molecule has 0 aromatic carbocycles. The molecule has 12 unspecified atom stereocenters. The Morgan fingerprint density at radius 1 is 0.474 bits per heavy atom. The minimum atomic E-state index is -1.79. The van der Waals surface area contributed by atoms with Crippen LogP contribution >= 0.6 is 0 Å². The molecule has 1 amide bonds. The highest BCUT2D eigenvalue weighted by Gasteiger charge is 2.51.